The van der Waals surface area contributed by atoms with Gasteiger partial charge in [0.2, 0.25) is 0 Å². The quantitative estimate of drug-likeness (QED) is 0.765. The van der Waals surface area contributed by atoms with Crippen molar-refractivity contribution in [3.8, 4) is 0 Å². The molecule has 25 heavy (non-hydrogen) atoms. The Morgan fingerprint density at radius 1 is 1.16 bits per heavy atom. The third kappa shape index (κ3) is 4.72. The van der Waals surface area contributed by atoms with Gasteiger partial charge in [0.25, 0.3) is 0 Å². The third-order valence-corrected chi connectivity index (χ3v) is 6.39. The number of likely N-dealkylation sites (tertiary alicyclic amines) is 1. The van der Waals surface area contributed by atoms with Crippen LogP contribution >= 0.6 is 0 Å². The summed E-state index contributed by atoms with van der Waals surface area (Å²) in [5, 5.41) is 4.60. The molecule has 0 aromatic carbocycles. The maximum atomic E-state index is 11.9. The fourth-order valence-electron chi connectivity index (χ4n) is 4.54. The first-order valence-corrected chi connectivity index (χ1v) is 10.4. The monoisotopic (exact) mass is 345 g/mol. The summed E-state index contributed by atoms with van der Waals surface area (Å²) in [5.74, 6) is 2.21. The van der Waals surface area contributed by atoms with Gasteiger partial charge in [-0.25, -0.2) is 0 Å². The van der Waals surface area contributed by atoms with Crippen LogP contribution in [0.25, 0.3) is 0 Å². The minimum Gasteiger partial charge on any atom is -0.303 e. The Morgan fingerprint density at radius 2 is 1.84 bits per heavy atom. The second-order valence-electron chi connectivity index (χ2n) is 8.48. The summed E-state index contributed by atoms with van der Waals surface area (Å²) in [5.41, 5.74) is 1.35. The van der Waals surface area contributed by atoms with Gasteiger partial charge in [-0.05, 0) is 55.9 Å². The Morgan fingerprint density at radius 3 is 2.40 bits per heavy atom. The standard InChI is InChI=1S/C21H35N3O/c1-4-21(25)18-7-5-17(6-8-18)14-23-11-9-20(10-12-23)24-15-19(13-22-24)16(2)3/h13,15-18,20H,4-12,14H2,1-3H3. The van der Waals surface area contributed by atoms with Crippen LogP contribution in [0, 0.1) is 11.8 Å². The average molecular weight is 346 g/mol. The van der Waals surface area contributed by atoms with Crippen LogP contribution in [0.4, 0.5) is 0 Å². The second kappa shape index (κ2) is 8.48. The lowest BCUT2D eigenvalue weighted by Crippen LogP contribution is -2.39. The van der Waals surface area contributed by atoms with Crippen LogP contribution in [0.1, 0.15) is 83.2 Å². The molecule has 1 aromatic heterocycles. The molecule has 1 saturated carbocycles. The van der Waals surface area contributed by atoms with Gasteiger partial charge < -0.3 is 4.90 Å². The van der Waals surface area contributed by atoms with E-state index in [4.69, 9.17) is 0 Å². The molecule has 0 N–H and O–H groups in total. The molecule has 2 fully saturated rings. The van der Waals surface area contributed by atoms with Crippen molar-refractivity contribution in [2.24, 2.45) is 11.8 Å². The maximum absolute atomic E-state index is 11.9. The third-order valence-electron chi connectivity index (χ3n) is 6.39. The van der Waals surface area contributed by atoms with Crippen molar-refractivity contribution in [3.63, 3.8) is 0 Å². The highest BCUT2D eigenvalue weighted by molar-refractivity contribution is 5.80. The van der Waals surface area contributed by atoms with Crippen LogP contribution in [0.2, 0.25) is 0 Å². The number of carbonyl (C=O) groups is 1. The number of ketones is 1. The Hall–Kier alpha value is -1.16. The molecule has 0 radical (unpaired) electrons. The van der Waals surface area contributed by atoms with Gasteiger partial charge in [-0.2, -0.15) is 5.10 Å². The van der Waals surface area contributed by atoms with Crippen LogP contribution in [-0.4, -0.2) is 40.1 Å². The van der Waals surface area contributed by atoms with Gasteiger partial charge in [-0.3, -0.25) is 9.48 Å². The maximum Gasteiger partial charge on any atom is 0.135 e. The molecule has 4 heteroatoms. The molecule has 3 rings (SSSR count). The lowest BCUT2D eigenvalue weighted by molar-refractivity contribution is -0.123. The van der Waals surface area contributed by atoms with Crippen LogP contribution in [0.15, 0.2) is 12.4 Å². The molecule has 2 heterocycles. The van der Waals surface area contributed by atoms with E-state index in [2.05, 4.69) is 34.7 Å². The first kappa shape index (κ1) is 18.6. The van der Waals surface area contributed by atoms with Gasteiger partial charge in [0.05, 0.1) is 12.2 Å². The summed E-state index contributed by atoms with van der Waals surface area (Å²) >= 11 is 0. The van der Waals surface area contributed by atoms with Crippen molar-refractivity contribution in [3.05, 3.63) is 18.0 Å². The topological polar surface area (TPSA) is 38.1 Å². The van der Waals surface area contributed by atoms with Gasteiger partial charge in [0, 0.05) is 38.2 Å². The first-order valence-electron chi connectivity index (χ1n) is 10.4. The lowest BCUT2D eigenvalue weighted by Gasteiger charge is -2.36. The van der Waals surface area contributed by atoms with E-state index in [0.717, 1.165) is 25.2 Å². The zero-order chi connectivity index (χ0) is 17.8. The van der Waals surface area contributed by atoms with Crippen molar-refractivity contribution in [1.29, 1.82) is 0 Å². The van der Waals surface area contributed by atoms with E-state index in [9.17, 15) is 4.79 Å². The number of rotatable bonds is 6. The van der Waals surface area contributed by atoms with E-state index in [-0.39, 0.29) is 0 Å². The van der Waals surface area contributed by atoms with E-state index in [1.807, 2.05) is 13.1 Å². The highest BCUT2D eigenvalue weighted by Crippen LogP contribution is 2.32. The number of hydrogen-bond acceptors (Lipinski definition) is 3. The summed E-state index contributed by atoms with van der Waals surface area (Å²) < 4.78 is 2.20. The summed E-state index contributed by atoms with van der Waals surface area (Å²) in [4.78, 5) is 14.5. The summed E-state index contributed by atoms with van der Waals surface area (Å²) in [6, 6.07) is 0.571. The minimum atomic E-state index is 0.363. The smallest absolute Gasteiger partial charge is 0.135 e. The Bertz CT molecular complexity index is 549. The fourth-order valence-corrected chi connectivity index (χ4v) is 4.54. The predicted octanol–water partition coefficient (Wildman–Crippen LogP) is 4.43. The molecule has 1 saturated heterocycles. The summed E-state index contributed by atoms with van der Waals surface area (Å²) in [6.07, 6.45) is 12.2. The molecular weight excluding hydrogens is 310 g/mol. The van der Waals surface area contributed by atoms with Crippen molar-refractivity contribution in [2.75, 3.05) is 19.6 Å². The molecule has 1 aromatic rings. The normalized spacial score (nSPS) is 26.2. The van der Waals surface area contributed by atoms with Crippen LogP contribution in [-0.2, 0) is 4.79 Å². The van der Waals surface area contributed by atoms with Gasteiger partial charge in [0.1, 0.15) is 5.78 Å². The Kier molecular flexibility index (Phi) is 6.32. The molecule has 0 spiro atoms. The van der Waals surface area contributed by atoms with Crippen LogP contribution < -0.4 is 0 Å². The number of piperidine rings is 1. The number of nitrogens with zero attached hydrogens (tertiary/aromatic N) is 3. The molecule has 140 valence electrons. The largest absolute Gasteiger partial charge is 0.303 e. The van der Waals surface area contributed by atoms with Crippen molar-refractivity contribution in [2.45, 2.75) is 77.7 Å². The predicted molar refractivity (Wildman–Crippen MR) is 102 cm³/mol. The summed E-state index contributed by atoms with van der Waals surface area (Å²) in [6.45, 7) is 10.1. The first-order chi connectivity index (χ1) is 12.1. The highest BCUT2D eigenvalue weighted by atomic mass is 16.1. The molecule has 0 unspecified atom stereocenters. The van der Waals surface area contributed by atoms with Gasteiger partial charge in [-0.15, -0.1) is 0 Å². The average Bonchev–Trinajstić information content (AvgIpc) is 3.13. The van der Waals surface area contributed by atoms with Crippen molar-refractivity contribution in [1.82, 2.24) is 14.7 Å². The van der Waals surface area contributed by atoms with Gasteiger partial charge in [0.15, 0.2) is 0 Å². The Balaban J connectivity index is 1.41. The van der Waals surface area contributed by atoms with Gasteiger partial charge >= 0.3 is 0 Å². The number of aromatic nitrogens is 2. The fraction of sp³-hybridized carbons (Fsp3) is 0.810. The SMILES string of the molecule is CCC(=O)C1CCC(CN2CCC(n3cc(C(C)C)cn3)CC2)CC1. The van der Waals surface area contributed by atoms with Crippen LogP contribution in [0.3, 0.4) is 0 Å². The molecule has 1 aliphatic carbocycles. The van der Waals surface area contributed by atoms with E-state index in [1.54, 1.807) is 0 Å². The lowest BCUT2D eigenvalue weighted by atomic mass is 9.79. The molecule has 0 atom stereocenters. The van der Waals surface area contributed by atoms with Crippen molar-refractivity contribution < 1.29 is 4.79 Å². The summed E-state index contributed by atoms with van der Waals surface area (Å²) in [7, 11) is 0. The van der Waals surface area contributed by atoms with E-state index >= 15 is 0 Å². The van der Waals surface area contributed by atoms with Crippen molar-refractivity contribution >= 4 is 5.78 Å². The molecular formula is C21H35N3O. The van der Waals surface area contributed by atoms with E-state index < -0.39 is 0 Å². The zero-order valence-corrected chi connectivity index (χ0v) is 16.3. The van der Waals surface area contributed by atoms with Crippen LogP contribution in [0.5, 0.6) is 0 Å². The molecule has 4 nitrogen and oxygen atoms in total. The highest BCUT2D eigenvalue weighted by Gasteiger charge is 2.28. The van der Waals surface area contributed by atoms with E-state index in [1.165, 1.54) is 50.9 Å². The van der Waals surface area contributed by atoms with Gasteiger partial charge in [-0.1, -0.05) is 20.8 Å². The number of carbonyl (C=O) groups excluding carboxylic acids is 1. The minimum absolute atomic E-state index is 0.363. The molecule has 0 bridgehead atoms. The molecule has 2 aliphatic rings. The number of Topliss-reactive ketones (excluding diaryl/α,β-unsaturated/α-hetero) is 1. The molecule has 1 aliphatic heterocycles. The zero-order valence-electron chi connectivity index (χ0n) is 16.3. The second-order valence-corrected chi connectivity index (χ2v) is 8.48. The van der Waals surface area contributed by atoms with E-state index in [0.29, 0.717) is 23.7 Å². The molecule has 0 amide bonds. The Labute approximate surface area is 153 Å². The number of hydrogen-bond donors (Lipinski definition) is 0.